The summed E-state index contributed by atoms with van der Waals surface area (Å²) in [4.78, 5) is 20.3. The highest BCUT2D eigenvalue weighted by atomic mass is 32.2. The molecular formula is C15H14N4OS. The number of aryl methyl sites for hydroxylation is 1. The lowest BCUT2D eigenvalue weighted by molar-refractivity contribution is 0.784. The summed E-state index contributed by atoms with van der Waals surface area (Å²) >= 11 is 1.70. The van der Waals surface area contributed by atoms with Crippen molar-refractivity contribution < 1.29 is 0 Å². The second-order valence-corrected chi connectivity index (χ2v) is 5.44. The average Bonchev–Trinajstić information content (AvgIpc) is 2.88. The Hall–Kier alpha value is -2.34. The van der Waals surface area contributed by atoms with Crippen LogP contribution in [-0.4, -0.2) is 26.0 Å². The van der Waals surface area contributed by atoms with Gasteiger partial charge in [-0.15, -0.1) is 11.8 Å². The fraction of sp³-hybridized carbons (Fsp3) is 0.133. The molecule has 3 rings (SSSR count). The molecule has 3 aromatic rings. The highest BCUT2D eigenvalue weighted by molar-refractivity contribution is 7.98. The Bertz CT molecular complexity index is 862. The van der Waals surface area contributed by atoms with E-state index in [-0.39, 0.29) is 5.56 Å². The van der Waals surface area contributed by atoms with Gasteiger partial charge < -0.3 is 4.98 Å². The maximum absolute atomic E-state index is 11.9. The van der Waals surface area contributed by atoms with Crippen molar-refractivity contribution in [1.82, 2.24) is 19.7 Å². The van der Waals surface area contributed by atoms with Crippen molar-refractivity contribution in [3.8, 4) is 0 Å². The third-order valence-electron chi connectivity index (χ3n) is 3.17. The number of hydrogen-bond donors (Lipinski definition) is 1. The van der Waals surface area contributed by atoms with Crippen LogP contribution in [0.5, 0.6) is 0 Å². The zero-order valence-corrected chi connectivity index (χ0v) is 12.5. The average molecular weight is 298 g/mol. The molecule has 106 valence electrons. The van der Waals surface area contributed by atoms with Crippen molar-refractivity contribution in [2.45, 2.75) is 4.90 Å². The van der Waals surface area contributed by atoms with Gasteiger partial charge in [0.05, 0.1) is 6.20 Å². The van der Waals surface area contributed by atoms with Crippen molar-refractivity contribution in [2.75, 3.05) is 6.26 Å². The summed E-state index contributed by atoms with van der Waals surface area (Å²) in [6, 6.07) is 8.18. The summed E-state index contributed by atoms with van der Waals surface area (Å²) in [6.45, 7) is 0. The van der Waals surface area contributed by atoms with E-state index in [1.165, 1.54) is 11.1 Å². The number of hydrogen-bond acceptors (Lipinski definition) is 4. The quantitative estimate of drug-likeness (QED) is 0.755. The first-order valence-corrected chi connectivity index (χ1v) is 7.64. The summed E-state index contributed by atoms with van der Waals surface area (Å²) in [5.74, 6) is 0.519. The van der Waals surface area contributed by atoms with Gasteiger partial charge in [-0.1, -0.05) is 18.2 Å². The van der Waals surface area contributed by atoms with Gasteiger partial charge in [0.15, 0.2) is 5.65 Å². The second kappa shape index (κ2) is 5.57. The first kappa shape index (κ1) is 13.6. The number of rotatable bonds is 3. The van der Waals surface area contributed by atoms with E-state index in [0.717, 1.165) is 5.56 Å². The lowest BCUT2D eigenvalue weighted by Gasteiger charge is -1.98. The van der Waals surface area contributed by atoms with Crippen molar-refractivity contribution in [2.24, 2.45) is 7.05 Å². The van der Waals surface area contributed by atoms with Gasteiger partial charge in [-0.3, -0.25) is 9.48 Å². The van der Waals surface area contributed by atoms with Crippen LogP contribution in [0, 0.1) is 0 Å². The Morgan fingerprint density at radius 1 is 1.24 bits per heavy atom. The van der Waals surface area contributed by atoms with E-state index in [0.29, 0.717) is 16.9 Å². The third kappa shape index (κ3) is 2.75. The van der Waals surface area contributed by atoms with Crippen molar-refractivity contribution in [3.63, 3.8) is 0 Å². The molecule has 6 heteroatoms. The van der Waals surface area contributed by atoms with Crippen LogP contribution in [0.2, 0.25) is 0 Å². The van der Waals surface area contributed by atoms with E-state index in [2.05, 4.69) is 27.2 Å². The van der Waals surface area contributed by atoms with E-state index in [1.807, 2.05) is 24.5 Å². The number of nitrogens with zero attached hydrogens (tertiary/aromatic N) is 3. The molecule has 21 heavy (non-hydrogen) atoms. The lowest BCUT2D eigenvalue weighted by atomic mass is 10.2. The minimum Gasteiger partial charge on any atom is -0.306 e. The highest BCUT2D eigenvalue weighted by Crippen LogP contribution is 2.16. The Balaban J connectivity index is 1.94. The molecule has 2 aromatic heterocycles. The van der Waals surface area contributed by atoms with Crippen molar-refractivity contribution in [1.29, 1.82) is 0 Å². The van der Waals surface area contributed by atoms with E-state index in [9.17, 15) is 4.79 Å². The summed E-state index contributed by atoms with van der Waals surface area (Å²) in [5.41, 5.74) is 1.46. The van der Waals surface area contributed by atoms with Gasteiger partial charge in [0.1, 0.15) is 11.2 Å². The van der Waals surface area contributed by atoms with Gasteiger partial charge in [0, 0.05) is 11.9 Å². The predicted octanol–water partition coefficient (Wildman–Crippen LogP) is 2.55. The molecule has 0 fully saturated rings. The standard InChI is InChI=1S/C15H14N4OS/c1-19-14-12(9-16-19)15(20)18-13(17-14)8-5-10-3-6-11(21-2)7-4-10/h3-9H,1-2H3,(H,17,18,20)/b8-5+. The number of thioether (sulfide) groups is 1. The molecule has 0 aliphatic rings. The molecule has 0 atom stereocenters. The topological polar surface area (TPSA) is 63.6 Å². The molecule has 0 bridgehead atoms. The molecule has 0 amide bonds. The van der Waals surface area contributed by atoms with Crippen LogP contribution in [0.4, 0.5) is 0 Å². The third-order valence-corrected chi connectivity index (χ3v) is 3.91. The van der Waals surface area contributed by atoms with Crippen LogP contribution in [0.15, 0.2) is 40.2 Å². The van der Waals surface area contributed by atoms with Crippen LogP contribution in [0.3, 0.4) is 0 Å². The lowest BCUT2D eigenvalue weighted by Crippen LogP contribution is -2.09. The number of H-pyrrole nitrogens is 1. The number of aromatic nitrogens is 4. The van der Waals surface area contributed by atoms with Gasteiger partial charge in [-0.25, -0.2) is 4.98 Å². The molecule has 1 aromatic carbocycles. The van der Waals surface area contributed by atoms with E-state index < -0.39 is 0 Å². The van der Waals surface area contributed by atoms with Gasteiger partial charge in [-0.05, 0) is 30.0 Å². The van der Waals surface area contributed by atoms with E-state index >= 15 is 0 Å². The summed E-state index contributed by atoms with van der Waals surface area (Å²) in [7, 11) is 1.77. The zero-order chi connectivity index (χ0) is 14.8. The number of nitrogens with one attached hydrogen (secondary N) is 1. The highest BCUT2D eigenvalue weighted by Gasteiger charge is 2.06. The van der Waals surface area contributed by atoms with Crippen LogP contribution in [-0.2, 0) is 7.05 Å². The summed E-state index contributed by atoms with van der Waals surface area (Å²) < 4.78 is 1.59. The van der Waals surface area contributed by atoms with E-state index in [4.69, 9.17) is 0 Å². The van der Waals surface area contributed by atoms with Crippen LogP contribution < -0.4 is 5.56 Å². The van der Waals surface area contributed by atoms with E-state index in [1.54, 1.807) is 29.6 Å². The number of fused-ring (bicyclic) bond motifs is 1. The first-order chi connectivity index (χ1) is 10.2. The predicted molar refractivity (Wildman–Crippen MR) is 86.3 cm³/mol. The Morgan fingerprint density at radius 3 is 2.71 bits per heavy atom. The smallest absolute Gasteiger partial charge is 0.262 e. The summed E-state index contributed by atoms with van der Waals surface area (Å²) in [5, 5.41) is 4.54. The van der Waals surface area contributed by atoms with Crippen LogP contribution in [0.1, 0.15) is 11.4 Å². The molecule has 0 spiro atoms. The van der Waals surface area contributed by atoms with Gasteiger partial charge in [0.2, 0.25) is 0 Å². The normalized spacial score (nSPS) is 11.5. The van der Waals surface area contributed by atoms with Crippen LogP contribution >= 0.6 is 11.8 Å². The number of benzene rings is 1. The minimum absolute atomic E-state index is 0.175. The zero-order valence-electron chi connectivity index (χ0n) is 11.7. The Kier molecular flexibility index (Phi) is 3.62. The molecule has 5 nitrogen and oxygen atoms in total. The molecule has 2 heterocycles. The second-order valence-electron chi connectivity index (χ2n) is 4.56. The Morgan fingerprint density at radius 2 is 2.00 bits per heavy atom. The minimum atomic E-state index is -0.175. The van der Waals surface area contributed by atoms with Crippen molar-refractivity contribution in [3.05, 3.63) is 52.2 Å². The maximum atomic E-state index is 11.9. The van der Waals surface area contributed by atoms with Gasteiger partial charge in [-0.2, -0.15) is 5.10 Å². The molecule has 0 aliphatic carbocycles. The number of aromatic amines is 1. The molecule has 0 unspecified atom stereocenters. The van der Waals surface area contributed by atoms with Gasteiger partial charge in [0.25, 0.3) is 5.56 Å². The molecule has 0 saturated heterocycles. The first-order valence-electron chi connectivity index (χ1n) is 6.41. The molecule has 0 saturated carbocycles. The SMILES string of the molecule is CSc1ccc(/C=C/c2nc3c(cnn3C)c(=O)[nH]2)cc1. The monoisotopic (exact) mass is 298 g/mol. The largest absolute Gasteiger partial charge is 0.306 e. The summed E-state index contributed by atoms with van der Waals surface area (Å²) in [6.07, 6.45) is 7.28. The van der Waals surface area contributed by atoms with Gasteiger partial charge >= 0.3 is 0 Å². The Labute approximate surface area is 125 Å². The van der Waals surface area contributed by atoms with Crippen LogP contribution in [0.25, 0.3) is 23.2 Å². The molecule has 0 aliphatic heterocycles. The molecule has 1 N–H and O–H groups in total. The van der Waals surface area contributed by atoms with Crippen molar-refractivity contribution >= 4 is 34.9 Å². The fourth-order valence-corrected chi connectivity index (χ4v) is 2.43. The molecular weight excluding hydrogens is 284 g/mol. The maximum Gasteiger partial charge on any atom is 0.262 e. The fourth-order valence-electron chi connectivity index (χ4n) is 2.02. The molecule has 0 radical (unpaired) electrons.